The molecule has 3 heterocycles. The molecule has 0 radical (unpaired) electrons. The van der Waals surface area contributed by atoms with Crippen LogP contribution in [-0.4, -0.2) is 16.2 Å². The Labute approximate surface area is 394 Å². The molecular formula is C61H68N4O. The number of anilines is 4. The summed E-state index contributed by atoms with van der Waals surface area (Å²) in [7, 11) is 0. The summed E-state index contributed by atoms with van der Waals surface area (Å²) in [5.74, 6) is 2.75. The molecule has 0 saturated heterocycles. The highest BCUT2D eigenvalue weighted by Crippen LogP contribution is 2.47. The molecule has 0 N–H and O–H groups in total. The van der Waals surface area contributed by atoms with Crippen LogP contribution in [-0.2, 0) is 21.7 Å². The van der Waals surface area contributed by atoms with Gasteiger partial charge in [-0.15, -0.1) is 0 Å². The van der Waals surface area contributed by atoms with Gasteiger partial charge in [-0.1, -0.05) is 152 Å². The predicted molar refractivity (Wildman–Crippen MR) is 281 cm³/mol. The molecular weight excluding hydrogens is 805 g/mol. The standard InChI is InChI=1S/C61H68N4O/c1-39(2)50-36-57(62-37-52(50)40-22-24-41(25-23-40)58(3,4)5)65-53-29-26-42(59(6,7)8)33-51(53)49-28-27-48(35-56(49)65)66-47-19-17-18-45(34-47)63-38-64(55-21-16-15-20-54(55)63)46-31-43(60(9,10)11)30-44(32-46)61(12,13)14/h15-37,39H,38H2,1-14H3. The van der Waals surface area contributed by atoms with Crippen LogP contribution in [0.2, 0.25) is 0 Å². The van der Waals surface area contributed by atoms with E-state index in [-0.39, 0.29) is 21.7 Å². The molecule has 1 aliphatic rings. The van der Waals surface area contributed by atoms with Gasteiger partial charge in [0.1, 0.15) is 24.0 Å². The first kappa shape index (κ1) is 44.9. The summed E-state index contributed by atoms with van der Waals surface area (Å²) in [5, 5.41) is 2.38. The fourth-order valence-electron chi connectivity index (χ4n) is 9.37. The molecule has 0 bridgehead atoms. The van der Waals surface area contributed by atoms with E-state index in [1.165, 1.54) is 66.8 Å². The summed E-state index contributed by atoms with van der Waals surface area (Å²) in [6, 6.07) is 49.2. The van der Waals surface area contributed by atoms with Gasteiger partial charge in [0.05, 0.1) is 22.4 Å². The first-order chi connectivity index (χ1) is 31.0. The highest BCUT2D eigenvalue weighted by Gasteiger charge is 2.31. The summed E-state index contributed by atoms with van der Waals surface area (Å²) >= 11 is 0. The predicted octanol–water partition coefficient (Wildman–Crippen LogP) is 17.2. The van der Waals surface area contributed by atoms with Gasteiger partial charge in [0, 0.05) is 46.0 Å². The van der Waals surface area contributed by atoms with Crippen molar-refractivity contribution in [2.45, 2.75) is 125 Å². The van der Waals surface area contributed by atoms with E-state index >= 15 is 0 Å². The van der Waals surface area contributed by atoms with Crippen LogP contribution in [0, 0.1) is 0 Å². The maximum atomic E-state index is 6.86. The van der Waals surface area contributed by atoms with Crippen LogP contribution in [0.4, 0.5) is 22.7 Å². The third kappa shape index (κ3) is 8.49. The minimum Gasteiger partial charge on any atom is -0.457 e. The normalized spacial score (nSPS) is 13.6. The summed E-state index contributed by atoms with van der Waals surface area (Å²) < 4.78 is 9.18. The number of benzene rings is 6. The van der Waals surface area contributed by atoms with Gasteiger partial charge in [0.25, 0.3) is 0 Å². The van der Waals surface area contributed by atoms with Gasteiger partial charge in [-0.25, -0.2) is 4.98 Å². The van der Waals surface area contributed by atoms with Gasteiger partial charge >= 0.3 is 0 Å². The number of rotatable bonds is 7. The van der Waals surface area contributed by atoms with Crippen molar-refractivity contribution in [2.75, 3.05) is 16.5 Å². The van der Waals surface area contributed by atoms with Gasteiger partial charge in [-0.2, -0.15) is 0 Å². The number of pyridine rings is 1. The van der Waals surface area contributed by atoms with Gasteiger partial charge in [0.15, 0.2) is 0 Å². The van der Waals surface area contributed by atoms with Crippen LogP contribution < -0.4 is 14.5 Å². The maximum absolute atomic E-state index is 6.86. The van der Waals surface area contributed by atoms with Crippen molar-refractivity contribution in [3.63, 3.8) is 0 Å². The third-order valence-corrected chi connectivity index (χ3v) is 13.5. The number of aromatic nitrogens is 2. The van der Waals surface area contributed by atoms with Crippen molar-refractivity contribution in [1.29, 1.82) is 0 Å². The minimum atomic E-state index is 0.00263. The van der Waals surface area contributed by atoms with E-state index in [0.29, 0.717) is 12.6 Å². The summed E-state index contributed by atoms with van der Waals surface area (Å²) in [4.78, 5) is 10.1. The second-order valence-electron chi connectivity index (χ2n) is 23.0. The van der Waals surface area contributed by atoms with Crippen molar-refractivity contribution < 1.29 is 4.74 Å². The maximum Gasteiger partial charge on any atom is 0.137 e. The Kier molecular flexibility index (Phi) is 11.0. The Bertz CT molecular complexity index is 3070. The van der Waals surface area contributed by atoms with Crippen LogP contribution in [0.25, 0.3) is 38.8 Å². The first-order valence-electron chi connectivity index (χ1n) is 23.8. The molecule has 338 valence electrons. The lowest BCUT2D eigenvalue weighted by molar-refractivity contribution is 0.483. The largest absolute Gasteiger partial charge is 0.457 e. The Hall–Kier alpha value is -6.33. The number of hydrogen-bond acceptors (Lipinski definition) is 4. The average molecular weight is 873 g/mol. The molecule has 0 amide bonds. The zero-order chi connectivity index (χ0) is 47.1. The van der Waals surface area contributed by atoms with Crippen molar-refractivity contribution >= 4 is 44.6 Å². The smallest absolute Gasteiger partial charge is 0.137 e. The fourth-order valence-corrected chi connectivity index (χ4v) is 9.37. The molecule has 6 aromatic carbocycles. The lowest BCUT2D eigenvalue weighted by Gasteiger charge is -2.29. The molecule has 1 aliphatic heterocycles. The van der Waals surface area contributed by atoms with Gasteiger partial charge in [-0.05, 0) is 128 Å². The quantitative estimate of drug-likeness (QED) is 0.160. The van der Waals surface area contributed by atoms with E-state index in [0.717, 1.165) is 34.0 Å². The SMILES string of the molecule is CC(C)c1cc(-n2c3ccc(C(C)(C)C)cc3c3ccc(Oc4cccc(N5CN(c6cc(C(C)(C)C)cc(C(C)(C)C)c6)c6ccccc65)c4)cc32)ncc1-c1ccc(C(C)(C)C)cc1. The molecule has 0 atom stereocenters. The molecule has 0 fully saturated rings. The van der Waals surface area contributed by atoms with Gasteiger partial charge < -0.3 is 14.5 Å². The number of fused-ring (bicyclic) bond motifs is 4. The van der Waals surface area contributed by atoms with E-state index in [4.69, 9.17) is 9.72 Å². The molecule has 0 unspecified atom stereocenters. The number of ether oxygens (including phenoxy) is 1. The second-order valence-corrected chi connectivity index (χ2v) is 23.0. The number of para-hydroxylation sites is 2. The second kappa shape index (κ2) is 16.2. The van der Waals surface area contributed by atoms with E-state index in [1.54, 1.807) is 0 Å². The lowest BCUT2D eigenvalue weighted by Crippen LogP contribution is -2.25. The molecule has 8 aromatic rings. The zero-order valence-electron chi connectivity index (χ0n) is 41.8. The van der Waals surface area contributed by atoms with Crippen molar-refractivity contribution in [2.24, 2.45) is 0 Å². The van der Waals surface area contributed by atoms with Crippen LogP contribution in [0.15, 0.2) is 140 Å². The van der Waals surface area contributed by atoms with Gasteiger partial charge in [-0.3, -0.25) is 4.57 Å². The molecule has 2 aromatic heterocycles. The van der Waals surface area contributed by atoms with E-state index in [2.05, 4.69) is 251 Å². The monoisotopic (exact) mass is 873 g/mol. The topological polar surface area (TPSA) is 33.5 Å². The summed E-state index contributed by atoms with van der Waals surface area (Å²) in [6.07, 6.45) is 2.08. The zero-order valence-corrected chi connectivity index (χ0v) is 41.8. The molecule has 0 spiro atoms. The Balaban J connectivity index is 1.10. The Morgan fingerprint density at radius 3 is 1.68 bits per heavy atom. The molecule has 0 saturated carbocycles. The molecule has 9 rings (SSSR count). The molecule has 5 nitrogen and oxygen atoms in total. The highest BCUT2D eigenvalue weighted by atomic mass is 16.5. The third-order valence-electron chi connectivity index (χ3n) is 13.5. The fraction of sp³-hybridized carbons (Fsp3) is 0.328. The van der Waals surface area contributed by atoms with Crippen LogP contribution >= 0.6 is 0 Å². The minimum absolute atomic E-state index is 0.00263. The highest BCUT2D eigenvalue weighted by molar-refractivity contribution is 6.10. The number of nitrogens with zero attached hydrogens (tertiary/aromatic N) is 4. The van der Waals surface area contributed by atoms with Crippen LogP contribution in [0.1, 0.15) is 131 Å². The number of hydrogen-bond donors (Lipinski definition) is 0. The summed E-state index contributed by atoms with van der Waals surface area (Å²) in [6.45, 7) is 32.7. The van der Waals surface area contributed by atoms with E-state index < -0.39 is 0 Å². The Morgan fingerprint density at radius 1 is 0.485 bits per heavy atom. The van der Waals surface area contributed by atoms with E-state index in [1.807, 2.05) is 0 Å². The van der Waals surface area contributed by atoms with Crippen LogP contribution in [0.3, 0.4) is 0 Å². The van der Waals surface area contributed by atoms with Crippen molar-refractivity contribution in [1.82, 2.24) is 9.55 Å². The molecule has 0 aliphatic carbocycles. The molecule has 66 heavy (non-hydrogen) atoms. The van der Waals surface area contributed by atoms with Crippen molar-refractivity contribution in [3.8, 4) is 28.4 Å². The first-order valence-corrected chi connectivity index (χ1v) is 23.8. The van der Waals surface area contributed by atoms with Crippen molar-refractivity contribution in [3.05, 3.63) is 167 Å². The average Bonchev–Trinajstić information content (AvgIpc) is 3.81. The van der Waals surface area contributed by atoms with Crippen LogP contribution in [0.5, 0.6) is 11.5 Å². The van der Waals surface area contributed by atoms with E-state index in [9.17, 15) is 0 Å². The lowest BCUT2D eigenvalue weighted by atomic mass is 9.80. The summed E-state index contributed by atoms with van der Waals surface area (Å²) in [5.41, 5.74) is 15.9. The Morgan fingerprint density at radius 2 is 1.08 bits per heavy atom. The molecule has 5 heteroatoms. The van der Waals surface area contributed by atoms with Gasteiger partial charge in [0.2, 0.25) is 0 Å².